The maximum Gasteiger partial charge on any atom is 0.167 e. The molecule has 1 heterocycles. The van der Waals surface area contributed by atoms with Crippen molar-refractivity contribution in [1.82, 2.24) is 4.98 Å². The molecule has 0 bridgehead atoms. The maximum atomic E-state index is 12.5. The van der Waals surface area contributed by atoms with E-state index in [1.165, 1.54) is 12.3 Å². The van der Waals surface area contributed by atoms with E-state index in [0.717, 1.165) is 0 Å². The molecule has 0 aromatic carbocycles. The number of aryl methyl sites for hydroxylation is 1. The van der Waals surface area contributed by atoms with Crippen molar-refractivity contribution in [3.05, 3.63) is 23.8 Å². The molecule has 0 saturated carbocycles. The Balaban J connectivity index is 3.25. The molecular formula is C6H7FN2. The summed E-state index contributed by atoms with van der Waals surface area (Å²) in [7, 11) is 0. The number of hydrogen-bond acceptors (Lipinski definition) is 2. The highest BCUT2D eigenvalue weighted by Crippen LogP contribution is 2.09. The quantitative estimate of drug-likeness (QED) is 0.565. The summed E-state index contributed by atoms with van der Waals surface area (Å²) in [5, 5.41) is 0. The first-order chi connectivity index (χ1) is 4.22. The van der Waals surface area contributed by atoms with Crippen molar-refractivity contribution in [2.75, 3.05) is 5.73 Å². The van der Waals surface area contributed by atoms with Crippen LogP contribution in [0.3, 0.4) is 0 Å². The van der Waals surface area contributed by atoms with Crippen LogP contribution in [0.1, 0.15) is 5.69 Å². The Morgan fingerprint density at radius 3 is 2.78 bits per heavy atom. The van der Waals surface area contributed by atoms with Gasteiger partial charge < -0.3 is 5.73 Å². The van der Waals surface area contributed by atoms with Crippen LogP contribution in [0.5, 0.6) is 0 Å². The van der Waals surface area contributed by atoms with E-state index in [4.69, 9.17) is 5.73 Å². The second-order valence-corrected chi connectivity index (χ2v) is 1.80. The van der Waals surface area contributed by atoms with Gasteiger partial charge in [-0.1, -0.05) is 0 Å². The van der Waals surface area contributed by atoms with Crippen LogP contribution in [-0.4, -0.2) is 4.98 Å². The van der Waals surface area contributed by atoms with Gasteiger partial charge in [0.15, 0.2) is 5.82 Å². The SMILES string of the molecule is Cc1nccc(N)c1F. The molecule has 1 aromatic heterocycles. The molecule has 0 fully saturated rings. The summed E-state index contributed by atoms with van der Waals surface area (Å²) in [6.07, 6.45) is 1.48. The van der Waals surface area contributed by atoms with Crippen molar-refractivity contribution < 1.29 is 4.39 Å². The van der Waals surface area contributed by atoms with E-state index in [1.54, 1.807) is 6.92 Å². The first-order valence-electron chi connectivity index (χ1n) is 2.58. The lowest BCUT2D eigenvalue weighted by molar-refractivity contribution is 0.614. The van der Waals surface area contributed by atoms with Crippen molar-refractivity contribution in [2.45, 2.75) is 6.92 Å². The van der Waals surface area contributed by atoms with E-state index in [0.29, 0.717) is 5.69 Å². The highest BCUT2D eigenvalue weighted by atomic mass is 19.1. The summed E-state index contributed by atoms with van der Waals surface area (Å²) in [5.74, 6) is -0.419. The van der Waals surface area contributed by atoms with Crippen LogP contribution in [0.4, 0.5) is 10.1 Å². The number of pyridine rings is 1. The molecule has 2 nitrogen and oxygen atoms in total. The van der Waals surface area contributed by atoms with E-state index >= 15 is 0 Å². The van der Waals surface area contributed by atoms with Gasteiger partial charge in [0.1, 0.15) is 0 Å². The predicted octanol–water partition coefficient (Wildman–Crippen LogP) is 1.11. The number of nitrogens with two attached hydrogens (primary N) is 1. The molecule has 9 heavy (non-hydrogen) atoms. The van der Waals surface area contributed by atoms with Crippen molar-refractivity contribution >= 4 is 5.69 Å². The first kappa shape index (κ1) is 6.01. The van der Waals surface area contributed by atoms with Crippen LogP contribution in [0, 0.1) is 12.7 Å². The van der Waals surface area contributed by atoms with Crippen molar-refractivity contribution in [1.29, 1.82) is 0 Å². The monoisotopic (exact) mass is 126 g/mol. The van der Waals surface area contributed by atoms with E-state index < -0.39 is 5.82 Å². The molecule has 1 aromatic rings. The summed E-state index contributed by atoms with van der Waals surface area (Å²) >= 11 is 0. The number of rotatable bonds is 0. The van der Waals surface area contributed by atoms with Crippen molar-refractivity contribution in [3.8, 4) is 0 Å². The highest BCUT2D eigenvalue weighted by Gasteiger charge is 1.99. The molecule has 2 N–H and O–H groups in total. The van der Waals surface area contributed by atoms with Crippen LogP contribution in [-0.2, 0) is 0 Å². The van der Waals surface area contributed by atoms with Gasteiger partial charge in [-0.3, -0.25) is 4.98 Å². The molecule has 0 aliphatic rings. The second-order valence-electron chi connectivity index (χ2n) is 1.80. The summed E-state index contributed by atoms with van der Waals surface area (Å²) in [4.78, 5) is 3.68. The number of hydrogen-bond donors (Lipinski definition) is 1. The number of aromatic nitrogens is 1. The average molecular weight is 126 g/mol. The molecule has 0 amide bonds. The van der Waals surface area contributed by atoms with Gasteiger partial charge in [0.2, 0.25) is 0 Å². The fourth-order valence-electron chi connectivity index (χ4n) is 0.568. The van der Waals surface area contributed by atoms with Crippen LogP contribution >= 0.6 is 0 Å². The molecule has 48 valence electrons. The second kappa shape index (κ2) is 2.01. The number of anilines is 1. The normalized spacial score (nSPS) is 9.56. The van der Waals surface area contributed by atoms with Crippen LogP contribution in [0.2, 0.25) is 0 Å². The minimum Gasteiger partial charge on any atom is -0.396 e. The zero-order valence-corrected chi connectivity index (χ0v) is 5.06. The van der Waals surface area contributed by atoms with Gasteiger partial charge in [-0.05, 0) is 13.0 Å². The summed E-state index contributed by atoms with van der Waals surface area (Å²) in [6.45, 7) is 1.58. The Morgan fingerprint density at radius 1 is 1.67 bits per heavy atom. The van der Waals surface area contributed by atoms with Gasteiger partial charge in [-0.25, -0.2) is 4.39 Å². The largest absolute Gasteiger partial charge is 0.396 e. The molecule has 0 spiro atoms. The van der Waals surface area contributed by atoms with Gasteiger partial charge in [0.05, 0.1) is 11.4 Å². The summed E-state index contributed by atoms with van der Waals surface area (Å²) in [5.41, 5.74) is 5.70. The van der Waals surface area contributed by atoms with Crippen LogP contribution in [0.15, 0.2) is 12.3 Å². The minimum atomic E-state index is -0.419. The van der Waals surface area contributed by atoms with Crippen molar-refractivity contribution in [2.24, 2.45) is 0 Å². The predicted molar refractivity (Wildman–Crippen MR) is 33.3 cm³/mol. The maximum absolute atomic E-state index is 12.5. The first-order valence-corrected chi connectivity index (χ1v) is 2.58. The van der Waals surface area contributed by atoms with Gasteiger partial charge in [-0.15, -0.1) is 0 Å². The minimum absolute atomic E-state index is 0.155. The van der Waals surface area contributed by atoms with E-state index in [2.05, 4.69) is 4.98 Å². The molecule has 0 unspecified atom stereocenters. The van der Waals surface area contributed by atoms with Crippen molar-refractivity contribution in [3.63, 3.8) is 0 Å². The fraction of sp³-hybridized carbons (Fsp3) is 0.167. The Bertz CT molecular complexity index is 202. The molecule has 3 heteroatoms. The van der Waals surface area contributed by atoms with Gasteiger partial charge in [-0.2, -0.15) is 0 Å². The Kier molecular flexibility index (Phi) is 1.34. The molecule has 0 atom stereocenters. The lowest BCUT2D eigenvalue weighted by Crippen LogP contribution is -1.94. The third kappa shape index (κ3) is 0.988. The Morgan fingerprint density at radius 2 is 2.33 bits per heavy atom. The van der Waals surface area contributed by atoms with E-state index in [9.17, 15) is 4.39 Å². The fourth-order valence-corrected chi connectivity index (χ4v) is 0.568. The Labute approximate surface area is 52.5 Å². The van der Waals surface area contributed by atoms with Gasteiger partial charge in [0.25, 0.3) is 0 Å². The zero-order chi connectivity index (χ0) is 6.85. The third-order valence-electron chi connectivity index (χ3n) is 1.09. The molecule has 0 saturated heterocycles. The standard InChI is InChI=1S/C6H7FN2/c1-4-6(7)5(8)2-3-9-4/h2-3H,1H3,(H2,8,9). The highest BCUT2D eigenvalue weighted by molar-refractivity contribution is 5.38. The van der Waals surface area contributed by atoms with Crippen LogP contribution < -0.4 is 5.73 Å². The lowest BCUT2D eigenvalue weighted by atomic mass is 10.3. The number of nitrogen functional groups attached to an aromatic ring is 1. The molecule has 1 rings (SSSR count). The summed E-state index contributed by atoms with van der Waals surface area (Å²) in [6, 6.07) is 1.43. The van der Waals surface area contributed by atoms with E-state index in [-0.39, 0.29) is 5.69 Å². The molecule has 0 radical (unpaired) electrons. The lowest BCUT2D eigenvalue weighted by Gasteiger charge is -1.95. The number of nitrogens with zero attached hydrogens (tertiary/aromatic N) is 1. The zero-order valence-electron chi connectivity index (χ0n) is 5.06. The third-order valence-corrected chi connectivity index (χ3v) is 1.09. The Hall–Kier alpha value is -1.12. The molecular weight excluding hydrogens is 119 g/mol. The van der Waals surface area contributed by atoms with Gasteiger partial charge >= 0.3 is 0 Å². The molecule has 0 aliphatic heterocycles. The van der Waals surface area contributed by atoms with Gasteiger partial charge in [0, 0.05) is 6.20 Å². The number of halogens is 1. The van der Waals surface area contributed by atoms with E-state index in [1.807, 2.05) is 0 Å². The smallest absolute Gasteiger partial charge is 0.167 e. The average Bonchev–Trinajstić information content (AvgIpc) is 1.83. The topological polar surface area (TPSA) is 38.9 Å². The molecule has 0 aliphatic carbocycles. The van der Waals surface area contributed by atoms with Crippen LogP contribution in [0.25, 0.3) is 0 Å². The summed E-state index contributed by atoms with van der Waals surface area (Å²) < 4.78 is 12.5.